The molecule has 0 saturated heterocycles. The zero-order valence-corrected chi connectivity index (χ0v) is 7.24. The normalized spacial score (nSPS) is 11.4. The first kappa shape index (κ1) is 8.12. The van der Waals surface area contributed by atoms with Crippen molar-refractivity contribution in [3.63, 3.8) is 0 Å². The highest BCUT2D eigenvalue weighted by Gasteiger charge is 2.27. The molecule has 0 aromatic carbocycles. The van der Waals surface area contributed by atoms with Crippen LogP contribution in [0.15, 0.2) is 11.2 Å². The molecule has 0 aromatic heterocycles. The number of halogens is 4. The van der Waals surface area contributed by atoms with Gasteiger partial charge in [-0.15, -0.1) is 33.2 Å². The van der Waals surface area contributed by atoms with E-state index in [1.165, 1.54) is 0 Å². The van der Waals surface area contributed by atoms with Gasteiger partial charge < -0.3 is 0 Å². The molecule has 0 spiro atoms. The number of hydrogen-bond donors (Lipinski definition) is 0. The molecule has 0 heterocycles. The van der Waals surface area contributed by atoms with Crippen molar-refractivity contribution in [1.82, 2.24) is 0 Å². The first-order chi connectivity index (χ1) is 2.94. The van der Waals surface area contributed by atoms with Crippen molar-refractivity contribution < 1.29 is 0 Å². The lowest BCUT2D eigenvalue weighted by Gasteiger charge is -2.00. The highest BCUT2D eigenvalue weighted by molar-refractivity contribution is 7.68. The summed E-state index contributed by atoms with van der Waals surface area (Å²) in [4.78, 5) is 0. The van der Waals surface area contributed by atoms with E-state index in [0.717, 1.165) is 0 Å². The first-order valence-corrected chi connectivity index (χ1v) is 6.77. The van der Waals surface area contributed by atoms with E-state index in [-0.39, 0.29) is 4.66 Å². The van der Waals surface area contributed by atoms with Crippen LogP contribution in [0.5, 0.6) is 0 Å². The van der Waals surface area contributed by atoms with Crippen molar-refractivity contribution in [2.45, 2.75) is 0 Å². The minimum absolute atomic E-state index is 0.150. The van der Waals surface area contributed by atoms with E-state index in [2.05, 4.69) is 6.58 Å². The van der Waals surface area contributed by atoms with Crippen molar-refractivity contribution in [3.8, 4) is 0 Å². The summed E-state index contributed by atoms with van der Waals surface area (Å²) in [5.41, 5.74) is 0. The van der Waals surface area contributed by atoms with Gasteiger partial charge in [0.15, 0.2) is 0 Å². The molecule has 0 fully saturated rings. The molecule has 0 N–H and O–H groups in total. The molecular weight excluding hydrogens is 194 g/mol. The fraction of sp³-hybridized carbons (Fsp3) is 0. The van der Waals surface area contributed by atoms with Gasteiger partial charge in [-0.3, -0.25) is 0 Å². The highest BCUT2D eigenvalue weighted by Crippen LogP contribution is 2.29. The Morgan fingerprint density at radius 1 is 1.29 bits per heavy atom. The van der Waals surface area contributed by atoms with E-state index in [1.807, 2.05) is 0 Å². The Hall–Kier alpha value is 1.12. The summed E-state index contributed by atoms with van der Waals surface area (Å²) < 4.78 is 0.150. The molecule has 0 aliphatic rings. The first-order valence-electron chi connectivity index (χ1n) is 1.36. The molecule has 0 nitrogen and oxygen atoms in total. The Balaban J connectivity index is 3.79. The second-order valence-electron chi connectivity index (χ2n) is 0.903. The Bertz CT molecular complexity index is 82.2. The second-order valence-corrected chi connectivity index (χ2v) is 10.1. The van der Waals surface area contributed by atoms with E-state index in [0.29, 0.717) is 0 Å². The van der Waals surface area contributed by atoms with Crippen molar-refractivity contribution in [1.29, 1.82) is 0 Å². The molecule has 0 bridgehead atoms. The minimum atomic E-state index is -2.75. The van der Waals surface area contributed by atoms with Crippen LogP contribution in [0.25, 0.3) is 0 Å². The van der Waals surface area contributed by atoms with Crippen LogP contribution >= 0.6 is 44.8 Å². The zero-order chi connectivity index (χ0) is 6.08. The maximum Gasteiger partial charge on any atom is 0.383 e. The molecule has 0 aromatic rings. The van der Waals surface area contributed by atoms with Gasteiger partial charge >= 0.3 is 6.00 Å². The smallest absolute Gasteiger partial charge is 0.120 e. The van der Waals surface area contributed by atoms with Crippen LogP contribution in [0.4, 0.5) is 0 Å². The van der Waals surface area contributed by atoms with E-state index in [4.69, 9.17) is 44.8 Å². The predicted octanol–water partition coefficient (Wildman–Crippen LogP) is 2.93. The lowest BCUT2D eigenvalue weighted by molar-refractivity contribution is 2.38. The van der Waals surface area contributed by atoms with Gasteiger partial charge in [-0.05, 0) is 0 Å². The molecular formula is C2H2Cl4Si. The van der Waals surface area contributed by atoms with Crippen LogP contribution in [0.2, 0.25) is 0 Å². The molecule has 0 amide bonds. The average Bonchev–Trinajstić information content (AvgIpc) is 1.31. The molecule has 0 aliphatic carbocycles. The third-order valence-electron chi connectivity index (χ3n) is 0.308. The van der Waals surface area contributed by atoms with Crippen LogP contribution < -0.4 is 0 Å². The Kier molecular flexibility index (Phi) is 3.02. The second kappa shape index (κ2) is 2.60. The summed E-state index contributed by atoms with van der Waals surface area (Å²) in [5, 5.41) is 0. The molecule has 7 heavy (non-hydrogen) atoms. The summed E-state index contributed by atoms with van der Waals surface area (Å²) in [7, 11) is 0. The van der Waals surface area contributed by atoms with Crippen molar-refractivity contribution in [3.05, 3.63) is 11.2 Å². The predicted molar refractivity (Wildman–Crippen MR) is 38.3 cm³/mol. The lowest BCUT2D eigenvalue weighted by Crippen LogP contribution is -2.07. The molecule has 0 atom stereocenters. The third-order valence-corrected chi connectivity index (χ3v) is 4.70. The molecule has 42 valence electrons. The lowest BCUT2D eigenvalue weighted by atomic mass is 11.3. The molecule has 0 unspecified atom stereocenters. The van der Waals surface area contributed by atoms with E-state index < -0.39 is 6.00 Å². The average molecular weight is 196 g/mol. The fourth-order valence-corrected chi connectivity index (χ4v) is 0. The summed E-state index contributed by atoms with van der Waals surface area (Å²) in [6.45, 7) is 3.26. The SMILES string of the molecule is C=C(Cl)[Si](Cl)(Cl)Cl. The van der Waals surface area contributed by atoms with Gasteiger partial charge in [-0.1, -0.05) is 18.2 Å². The highest BCUT2D eigenvalue weighted by atomic mass is 35.8. The third kappa shape index (κ3) is 3.68. The Morgan fingerprint density at radius 2 is 1.43 bits per heavy atom. The Labute approximate surface area is 62.1 Å². The van der Waals surface area contributed by atoms with Gasteiger partial charge in [-0.25, -0.2) is 0 Å². The molecule has 5 heteroatoms. The summed E-state index contributed by atoms with van der Waals surface area (Å²) in [6.07, 6.45) is 0. The Morgan fingerprint density at radius 3 is 1.43 bits per heavy atom. The van der Waals surface area contributed by atoms with E-state index >= 15 is 0 Å². The topological polar surface area (TPSA) is 0 Å². The van der Waals surface area contributed by atoms with E-state index in [1.54, 1.807) is 0 Å². The number of rotatable bonds is 1. The maximum absolute atomic E-state index is 5.31. The van der Waals surface area contributed by atoms with Crippen LogP contribution in [0.1, 0.15) is 0 Å². The van der Waals surface area contributed by atoms with Crippen LogP contribution in [-0.2, 0) is 0 Å². The van der Waals surface area contributed by atoms with Crippen LogP contribution in [0.3, 0.4) is 0 Å². The standard InChI is InChI=1S/C2H2Cl4Si/c1-2(3)7(4,5)6/h1H2. The van der Waals surface area contributed by atoms with Crippen LogP contribution in [-0.4, -0.2) is 6.00 Å². The van der Waals surface area contributed by atoms with E-state index in [9.17, 15) is 0 Å². The summed E-state index contributed by atoms with van der Waals surface area (Å²) >= 11 is 21.1. The van der Waals surface area contributed by atoms with Gasteiger partial charge in [0.25, 0.3) is 0 Å². The minimum Gasteiger partial charge on any atom is -0.120 e. The molecule has 0 saturated carbocycles. The van der Waals surface area contributed by atoms with Crippen molar-refractivity contribution in [2.75, 3.05) is 0 Å². The van der Waals surface area contributed by atoms with Gasteiger partial charge in [0.1, 0.15) is 0 Å². The van der Waals surface area contributed by atoms with Gasteiger partial charge in [-0.2, -0.15) is 0 Å². The molecule has 0 aliphatic heterocycles. The maximum atomic E-state index is 5.31. The van der Waals surface area contributed by atoms with Gasteiger partial charge in [0.05, 0.1) is 0 Å². The quantitative estimate of drug-likeness (QED) is 0.446. The summed E-state index contributed by atoms with van der Waals surface area (Å²) in [5.74, 6) is 0. The van der Waals surface area contributed by atoms with Crippen molar-refractivity contribution in [2.24, 2.45) is 0 Å². The van der Waals surface area contributed by atoms with Crippen LogP contribution in [0, 0.1) is 0 Å². The monoisotopic (exact) mass is 194 g/mol. The molecule has 0 radical (unpaired) electrons. The summed E-state index contributed by atoms with van der Waals surface area (Å²) in [6, 6.07) is -2.75. The number of hydrogen-bond acceptors (Lipinski definition) is 0. The zero-order valence-electron chi connectivity index (χ0n) is 3.22. The molecule has 0 rings (SSSR count). The fourth-order valence-electron chi connectivity index (χ4n) is 0. The van der Waals surface area contributed by atoms with Gasteiger partial charge in [0.2, 0.25) is 0 Å². The van der Waals surface area contributed by atoms with Gasteiger partial charge in [0, 0.05) is 4.66 Å². The largest absolute Gasteiger partial charge is 0.383 e. The van der Waals surface area contributed by atoms with Crippen molar-refractivity contribution >= 4 is 50.8 Å².